The van der Waals surface area contributed by atoms with Gasteiger partial charge in [-0.05, 0) is 0 Å². The normalized spacial score (nSPS) is 12.5. The first-order valence-corrected chi connectivity index (χ1v) is 14.0. The summed E-state index contributed by atoms with van der Waals surface area (Å²) in [6.45, 7) is 4.61. The van der Waals surface area contributed by atoms with Crippen LogP contribution in [0.25, 0.3) is 0 Å². The zero-order valence-corrected chi connectivity index (χ0v) is 14.2. The van der Waals surface area contributed by atoms with Crippen LogP contribution in [-0.2, 0) is 5.54 Å². The molecule has 84 valence electrons. The van der Waals surface area contributed by atoms with E-state index in [1.54, 1.807) is 3.27 Å². The van der Waals surface area contributed by atoms with E-state index in [4.69, 9.17) is 0 Å². The van der Waals surface area contributed by atoms with Crippen molar-refractivity contribution < 1.29 is 0 Å². The summed E-state index contributed by atoms with van der Waals surface area (Å²) >= 11 is -1.35. The first kappa shape index (κ1) is 13.1. The molecule has 2 heteroatoms. The van der Waals surface area contributed by atoms with E-state index in [1.165, 1.54) is 5.56 Å². The van der Waals surface area contributed by atoms with Crippen LogP contribution in [0.1, 0.15) is 19.4 Å². The summed E-state index contributed by atoms with van der Waals surface area (Å²) in [5.41, 5.74) is 1.67. The van der Waals surface area contributed by atoms with E-state index in [2.05, 4.69) is 66.4 Å². The molecule has 0 amide bonds. The molecule has 1 rings (SSSR count). The van der Waals surface area contributed by atoms with Crippen molar-refractivity contribution in [3.05, 3.63) is 29.8 Å². The van der Waals surface area contributed by atoms with Gasteiger partial charge in [0.2, 0.25) is 0 Å². The molecule has 0 atom stereocenters. The van der Waals surface area contributed by atoms with Gasteiger partial charge in [0, 0.05) is 0 Å². The third-order valence-electron chi connectivity index (χ3n) is 3.16. The van der Waals surface area contributed by atoms with Gasteiger partial charge in [0.25, 0.3) is 0 Å². The second kappa shape index (κ2) is 4.93. The fourth-order valence-electron chi connectivity index (χ4n) is 1.62. The Morgan fingerprint density at radius 3 is 2.07 bits per heavy atom. The minimum absolute atomic E-state index is 0.149. The predicted octanol–water partition coefficient (Wildman–Crippen LogP) is 2.44. The van der Waals surface area contributed by atoms with Crippen molar-refractivity contribution in [3.8, 4) is 0 Å². The molecule has 0 fully saturated rings. The van der Waals surface area contributed by atoms with Crippen LogP contribution in [0, 0.1) is 0 Å². The average molecular weight is 401 g/mol. The number of nitrogens with zero attached hydrogens (tertiary/aromatic N) is 1. The standard InChI is InChI=1S/C11H16N.2CH3.Bi/c1-11(2,12(3)4)10-8-6-5-7-9-10;;;/h5-8H,1-4H3;2*1H3;. The van der Waals surface area contributed by atoms with Crippen molar-refractivity contribution in [2.45, 2.75) is 28.6 Å². The molecule has 0 aromatic heterocycles. The summed E-state index contributed by atoms with van der Waals surface area (Å²) in [6.07, 6.45) is 0. The molecule has 1 nitrogen and oxygen atoms in total. The summed E-state index contributed by atoms with van der Waals surface area (Å²) < 4.78 is 6.58. The second-order valence-corrected chi connectivity index (χ2v) is 13.7. The molecule has 15 heavy (non-hydrogen) atoms. The SMILES string of the molecule is CN(C)C(C)(C)c1cccc[c]1[Bi]([CH3])[CH3]. The van der Waals surface area contributed by atoms with Gasteiger partial charge in [-0.1, -0.05) is 0 Å². The average Bonchev–Trinajstić information content (AvgIpc) is 2.17. The van der Waals surface area contributed by atoms with Crippen molar-refractivity contribution in [2.24, 2.45) is 0 Å². The Morgan fingerprint density at radius 2 is 1.60 bits per heavy atom. The molecule has 1 aromatic carbocycles. The van der Waals surface area contributed by atoms with Gasteiger partial charge in [0.15, 0.2) is 0 Å². The van der Waals surface area contributed by atoms with Crippen molar-refractivity contribution in [2.75, 3.05) is 14.1 Å². The van der Waals surface area contributed by atoms with Gasteiger partial charge in [-0.2, -0.15) is 0 Å². The van der Waals surface area contributed by atoms with E-state index >= 15 is 0 Å². The number of hydrogen-bond donors (Lipinski definition) is 0. The van der Waals surface area contributed by atoms with Crippen LogP contribution in [0.5, 0.6) is 0 Å². The third-order valence-corrected chi connectivity index (χ3v) is 8.43. The van der Waals surface area contributed by atoms with Crippen LogP contribution in [0.3, 0.4) is 0 Å². The van der Waals surface area contributed by atoms with Gasteiger partial charge >= 0.3 is 102 Å². The summed E-state index contributed by atoms with van der Waals surface area (Å²) in [4.78, 5) is 2.30. The molecule has 0 aliphatic heterocycles. The van der Waals surface area contributed by atoms with E-state index in [-0.39, 0.29) is 5.54 Å². The first-order chi connectivity index (χ1) is 6.87. The predicted molar refractivity (Wildman–Crippen MR) is 70.3 cm³/mol. The summed E-state index contributed by atoms with van der Waals surface area (Å²) in [5.74, 6) is 0. The topological polar surface area (TPSA) is 3.24 Å². The monoisotopic (exact) mass is 401 g/mol. The molecule has 0 aliphatic carbocycles. The fraction of sp³-hybridized carbons (Fsp3) is 0.538. The Morgan fingerprint density at radius 1 is 1.07 bits per heavy atom. The van der Waals surface area contributed by atoms with Crippen LogP contribution in [-0.4, -0.2) is 40.7 Å². The Balaban J connectivity index is 3.24. The molecule has 0 spiro atoms. The van der Waals surface area contributed by atoms with Crippen LogP contribution < -0.4 is 3.27 Å². The van der Waals surface area contributed by atoms with E-state index < -0.39 is 21.8 Å². The van der Waals surface area contributed by atoms with Crippen molar-refractivity contribution >= 4 is 25.0 Å². The van der Waals surface area contributed by atoms with Crippen LogP contribution in [0.4, 0.5) is 0 Å². The maximum atomic E-state index is 2.46. The zero-order chi connectivity index (χ0) is 11.6. The molecule has 0 N–H and O–H groups in total. The van der Waals surface area contributed by atoms with Crippen molar-refractivity contribution in [1.29, 1.82) is 0 Å². The van der Waals surface area contributed by atoms with Crippen LogP contribution >= 0.6 is 0 Å². The van der Waals surface area contributed by atoms with Crippen LogP contribution in [0.15, 0.2) is 24.3 Å². The van der Waals surface area contributed by atoms with E-state index in [0.717, 1.165) is 0 Å². The van der Waals surface area contributed by atoms with E-state index in [9.17, 15) is 0 Å². The summed E-state index contributed by atoms with van der Waals surface area (Å²) in [5, 5.41) is 0. The molecule has 0 bridgehead atoms. The van der Waals surface area contributed by atoms with Gasteiger partial charge in [-0.25, -0.2) is 0 Å². The molecular formula is C13H22BiN. The van der Waals surface area contributed by atoms with Gasteiger partial charge in [0.1, 0.15) is 0 Å². The Labute approximate surface area is 102 Å². The van der Waals surface area contributed by atoms with Crippen LogP contribution in [0.2, 0.25) is 9.26 Å². The third kappa shape index (κ3) is 2.79. The fourth-order valence-corrected chi connectivity index (χ4v) is 6.34. The molecule has 1 aromatic rings. The summed E-state index contributed by atoms with van der Waals surface area (Å²) in [7, 11) is 4.32. The van der Waals surface area contributed by atoms with E-state index in [0.29, 0.717) is 0 Å². The first-order valence-electron chi connectivity index (χ1n) is 5.31. The number of benzene rings is 1. The molecular weight excluding hydrogens is 379 g/mol. The molecule has 0 heterocycles. The zero-order valence-electron chi connectivity index (χ0n) is 10.7. The van der Waals surface area contributed by atoms with Crippen molar-refractivity contribution in [3.63, 3.8) is 0 Å². The number of rotatable bonds is 3. The molecule has 0 saturated heterocycles. The summed E-state index contributed by atoms with van der Waals surface area (Å²) in [6, 6.07) is 8.97. The number of hydrogen-bond acceptors (Lipinski definition) is 1. The quantitative estimate of drug-likeness (QED) is 0.704. The van der Waals surface area contributed by atoms with E-state index in [1.807, 2.05) is 0 Å². The Kier molecular flexibility index (Phi) is 4.32. The second-order valence-electron chi connectivity index (χ2n) is 4.87. The molecule has 0 radical (unpaired) electrons. The molecule has 0 unspecified atom stereocenters. The maximum absolute atomic E-state index is 2.46. The van der Waals surface area contributed by atoms with Gasteiger partial charge in [-0.15, -0.1) is 0 Å². The Bertz CT molecular complexity index is 329. The molecule has 0 aliphatic rings. The van der Waals surface area contributed by atoms with Gasteiger partial charge in [0.05, 0.1) is 0 Å². The van der Waals surface area contributed by atoms with Gasteiger partial charge < -0.3 is 0 Å². The minimum atomic E-state index is -1.35. The van der Waals surface area contributed by atoms with Crippen molar-refractivity contribution in [1.82, 2.24) is 4.90 Å². The Hall–Kier alpha value is 0.0631. The molecule has 0 saturated carbocycles. The van der Waals surface area contributed by atoms with Gasteiger partial charge in [-0.3, -0.25) is 0 Å².